The van der Waals surface area contributed by atoms with Gasteiger partial charge >= 0.3 is 5.97 Å². The quantitative estimate of drug-likeness (QED) is 0.530. The highest BCUT2D eigenvalue weighted by atomic mass is 16.6. The summed E-state index contributed by atoms with van der Waals surface area (Å²) in [4.78, 5) is 11.9. The minimum Gasteiger partial charge on any atom is -0.462 e. The van der Waals surface area contributed by atoms with Crippen molar-refractivity contribution < 1.29 is 24.1 Å². The molecule has 3 heterocycles. The first-order chi connectivity index (χ1) is 9.33. The highest BCUT2D eigenvalue weighted by molar-refractivity contribution is 5.74. The summed E-state index contributed by atoms with van der Waals surface area (Å²) in [5.74, 6) is -0.0323. The van der Waals surface area contributed by atoms with Crippen molar-refractivity contribution >= 4 is 5.97 Å². The second kappa shape index (κ2) is 3.76. The maximum atomic E-state index is 11.9. The molecule has 4 rings (SSSR count). The van der Waals surface area contributed by atoms with Crippen molar-refractivity contribution in [3.05, 3.63) is 0 Å². The van der Waals surface area contributed by atoms with Crippen molar-refractivity contribution in [2.75, 3.05) is 0 Å². The molecule has 1 aliphatic carbocycles. The van der Waals surface area contributed by atoms with Gasteiger partial charge < -0.3 is 19.3 Å². The number of carbonyl (C=O) groups excluding carboxylic acids is 1. The Bertz CT molecular complexity index is 465. The highest BCUT2D eigenvalue weighted by Crippen LogP contribution is 2.54. The Morgan fingerprint density at radius 2 is 1.95 bits per heavy atom. The molecule has 0 aromatic rings. The number of fused-ring (bicyclic) bond motifs is 3. The summed E-state index contributed by atoms with van der Waals surface area (Å²) >= 11 is 0. The fraction of sp³-hybridized carbons (Fsp3) is 0.933. The Morgan fingerprint density at radius 1 is 1.20 bits per heavy atom. The van der Waals surface area contributed by atoms with Gasteiger partial charge in [-0.25, -0.2) is 0 Å². The van der Waals surface area contributed by atoms with E-state index in [1.54, 1.807) is 0 Å². The lowest BCUT2D eigenvalue weighted by Crippen LogP contribution is -2.36. The van der Waals surface area contributed by atoms with E-state index in [0.29, 0.717) is 6.42 Å². The Morgan fingerprint density at radius 3 is 2.70 bits per heavy atom. The van der Waals surface area contributed by atoms with Gasteiger partial charge in [0.1, 0.15) is 11.7 Å². The zero-order valence-electron chi connectivity index (χ0n) is 12.2. The van der Waals surface area contributed by atoms with Gasteiger partial charge in [0.15, 0.2) is 0 Å². The average Bonchev–Trinajstić information content (AvgIpc) is 3.18. The molecule has 3 aliphatic heterocycles. The number of aliphatic hydroxyl groups excluding tert-OH is 1. The summed E-state index contributed by atoms with van der Waals surface area (Å²) in [5.41, 5.74) is -0.730. The zero-order valence-corrected chi connectivity index (χ0v) is 12.2. The summed E-state index contributed by atoms with van der Waals surface area (Å²) < 4.78 is 17.1. The van der Waals surface area contributed by atoms with Crippen LogP contribution in [0.3, 0.4) is 0 Å². The lowest BCUT2D eigenvalue weighted by Gasteiger charge is -2.23. The summed E-state index contributed by atoms with van der Waals surface area (Å²) in [6, 6.07) is 0. The number of aliphatic hydroxyl groups is 1. The van der Waals surface area contributed by atoms with Gasteiger partial charge in [0.25, 0.3) is 0 Å². The summed E-state index contributed by atoms with van der Waals surface area (Å²) in [6.07, 6.45) is 1.63. The van der Waals surface area contributed by atoms with Crippen LogP contribution in [-0.4, -0.2) is 46.7 Å². The Balaban J connectivity index is 1.62. The van der Waals surface area contributed by atoms with E-state index >= 15 is 0 Å². The monoisotopic (exact) mass is 282 g/mol. The van der Waals surface area contributed by atoms with Crippen molar-refractivity contribution in [2.45, 2.75) is 75.7 Å². The van der Waals surface area contributed by atoms with Crippen molar-refractivity contribution in [3.63, 3.8) is 0 Å². The summed E-state index contributed by atoms with van der Waals surface area (Å²) in [5, 5.41) is 10.4. The first-order valence-corrected chi connectivity index (χ1v) is 7.58. The number of hydrogen-bond donors (Lipinski definition) is 1. The van der Waals surface area contributed by atoms with Gasteiger partial charge in [-0.15, -0.1) is 0 Å². The molecule has 0 spiro atoms. The van der Waals surface area contributed by atoms with Crippen LogP contribution in [0.2, 0.25) is 0 Å². The number of carbonyl (C=O) groups is 1. The van der Waals surface area contributed by atoms with E-state index in [9.17, 15) is 9.90 Å². The first-order valence-electron chi connectivity index (χ1n) is 7.58. The van der Waals surface area contributed by atoms with Crippen LogP contribution < -0.4 is 0 Å². The van der Waals surface area contributed by atoms with Gasteiger partial charge in [0, 0.05) is 18.8 Å². The molecule has 0 bridgehead atoms. The zero-order chi connectivity index (χ0) is 14.3. The van der Waals surface area contributed by atoms with E-state index in [4.69, 9.17) is 14.2 Å². The number of ether oxygens (including phenoxy) is 3. The molecule has 20 heavy (non-hydrogen) atoms. The smallest absolute Gasteiger partial charge is 0.309 e. The van der Waals surface area contributed by atoms with Crippen LogP contribution >= 0.6 is 0 Å². The number of hydrogen-bond acceptors (Lipinski definition) is 5. The Kier molecular flexibility index (Phi) is 2.45. The normalized spacial score (nSPS) is 60.9. The average molecular weight is 282 g/mol. The second-order valence-electron chi connectivity index (χ2n) is 7.33. The van der Waals surface area contributed by atoms with Gasteiger partial charge in [0.05, 0.1) is 29.8 Å². The van der Waals surface area contributed by atoms with Crippen LogP contribution in [0.15, 0.2) is 0 Å². The second-order valence-corrected chi connectivity index (χ2v) is 7.33. The lowest BCUT2D eigenvalue weighted by molar-refractivity contribution is -0.144. The van der Waals surface area contributed by atoms with Crippen LogP contribution in [0.4, 0.5) is 0 Å². The van der Waals surface area contributed by atoms with E-state index < -0.39 is 11.7 Å². The first kappa shape index (κ1) is 13.0. The van der Waals surface area contributed by atoms with Crippen molar-refractivity contribution in [3.8, 4) is 0 Å². The van der Waals surface area contributed by atoms with E-state index in [-0.39, 0.29) is 41.7 Å². The topological polar surface area (TPSA) is 71.6 Å². The molecule has 1 N–H and O–H groups in total. The molecule has 0 amide bonds. The number of esters is 1. The van der Waals surface area contributed by atoms with Crippen molar-refractivity contribution in [1.82, 2.24) is 0 Å². The molecule has 3 saturated heterocycles. The van der Waals surface area contributed by atoms with E-state index in [2.05, 4.69) is 0 Å². The molecule has 0 aromatic heterocycles. The minimum absolute atomic E-state index is 0.0325. The van der Waals surface area contributed by atoms with Crippen LogP contribution in [0.25, 0.3) is 0 Å². The molecule has 5 heteroatoms. The van der Waals surface area contributed by atoms with Crippen molar-refractivity contribution in [1.29, 1.82) is 0 Å². The predicted molar refractivity (Wildman–Crippen MR) is 68.9 cm³/mol. The van der Waals surface area contributed by atoms with Gasteiger partial charge in [0.2, 0.25) is 0 Å². The molecule has 4 fully saturated rings. The largest absolute Gasteiger partial charge is 0.462 e. The predicted octanol–water partition coefficient (Wildman–Crippen LogP) is 1.02. The molecule has 1 saturated carbocycles. The van der Waals surface area contributed by atoms with E-state index in [1.807, 2.05) is 20.8 Å². The third kappa shape index (κ3) is 1.69. The third-order valence-electron chi connectivity index (χ3n) is 5.96. The molecule has 5 nitrogen and oxygen atoms in total. The standard InChI is InChI=1S/C15H22O5/c1-7-8-4-12-15(3,20-12)10(16)5-11-14(2,19-11)6-9(8)18-13(7)17/h7-12,16H,4-6H2,1-3H3/t7-,8+,9-,10-,11+,12-,14+,15+/m0/s1. The fourth-order valence-corrected chi connectivity index (χ4v) is 4.09. The highest BCUT2D eigenvalue weighted by Gasteiger charge is 2.65. The van der Waals surface area contributed by atoms with Crippen molar-refractivity contribution in [2.24, 2.45) is 11.8 Å². The van der Waals surface area contributed by atoms with Crippen LogP contribution in [0, 0.1) is 11.8 Å². The van der Waals surface area contributed by atoms with Gasteiger partial charge in [-0.05, 0) is 20.3 Å². The maximum Gasteiger partial charge on any atom is 0.309 e. The fourth-order valence-electron chi connectivity index (χ4n) is 4.09. The van der Waals surface area contributed by atoms with Crippen LogP contribution in [0.5, 0.6) is 0 Å². The number of epoxide rings is 2. The molecule has 8 atom stereocenters. The van der Waals surface area contributed by atoms with Gasteiger partial charge in [-0.1, -0.05) is 6.92 Å². The summed E-state index contributed by atoms with van der Waals surface area (Å²) in [7, 11) is 0. The third-order valence-corrected chi connectivity index (χ3v) is 5.96. The summed E-state index contributed by atoms with van der Waals surface area (Å²) in [6.45, 7) is 5.94. The minimum atomic E-state index is -0.496. The molecule has 0 aromatic carbocycles. The lowest BCUT2D eigenvalue weighted by atomic mass is 9.79. The van der Waals surface area contributed by atoms with E-state index in [1.165, 1.54) is 0 Å². The molecular formula is C15H22O5. The van der Waals surface area contributed by atoms with Gasteiger partial charge in [-0.3, -0.25) is 4.79 Å². The number of rotatable bonds is 0. The van der Waals surface area contributed by atoms with E-state index in [0.717, 1.165) is 12.8 Å². The molecular weight excluding hydrogens is 260 g/mol. The van der Waals surface area contributed by atoms with Crippen LogP contribution in [0.1, 0.15) is 40.0 Å². The molecule has 0 radical (unpaired) electrons. The van der Waals surface area contributed by atoms with Gasteiger partial charge in [-0.2, -0.15) is 0 Å². The molecule has 4 aliphatic rings. The Hall–Kier alpha value is -0.650. The Labute approximate surface area is 118 Å². The molecule has 0 unspecified atom stereocenters. The maximum absolute atomic E-state index is 11.9. The van der Waals surface area contributed by atoms with Crippen LogP contribution in [-0.2, 0) is 19.0 Å². The molecule has 112 valence electrons. The SMILES string of the molecule is C[C@@H]1C(=O)O[C@H]2C[C@@]3(C)O[C@@H]3C[C@H](O)[C@@]3(C)O[C@H]3C[C@@H]21.